The van der Waals surface area contributed by atoms with Crippen LogP contribution in [0.5, 0.6) is 0 Å². The number of nitrogens with one attached hydrogen (secondary N) is 4. The summed E-state index contributed by atoms with van der Waals surface area (Å²) < 4.78 is 4.41. The number of carbonyl (C=O) groups excluding carboxylic acids is 6. The average Bonchev–Trinajstić information content (AvgIpc) is 1.65. The van der Waals surface area contributed by atoms with Gasteiger partial charge in [-0.25, -0.2) is 28.4 Å². The van der Waals surface area contributed by atoms with E-state index < -0.39 is 17.9 Å². The molecule has 0 atom stereocenters. The molecule has 0 radical (unpaired) electrons. The number of benzene rings is 10. The van der Waals surface area contributed by atoms with Crippen LogP contribution in [0.25, 0.3) is 17.1 Å². The van der Waals surface area contributed by atoms with Gasteiger partial charge in [-0.1, -0.05) is 177 Å². The van der Waals surface area contributed by atoms with Crippen LogP contribution in [0.3, 0.4) is 0 Å². The predicted molar refractivity (Wildman–Crippen MR) is 490 cm³/mol. The normalized spacial score (nSPS) is 11.9. The molecule has 646 valence electrons. The van der Waals surface area contributed by atoms with Crippen LogP contribution in [-0.2, 0) is 0 Å². The monoisotopic (exact) mass is 1720 g/mol. The SMILES string of the molecule is C.Cc1ccc(C(=O)NC2CC2)cc1-n1ncc(C(=O)c2ccccc2)c1N.Cc1ccc(C(=O)NC2CC2)cc1-n1ncc(C(=O)c2ccccc2)c1N.Cc1ccc(C(=O)O)cc1-n1ncc(C(=O)c2ccccc2)c1N.Cc1ccc(C(=O)O)cc1N.Cc1ccc(C(=O)O)cc1NN.Cl.N#C/C(=C\Nc1ccccc1)C(=O)c1ccccc1.NC1CC1. The van der Waals surface area contributed by atoms with Gasteiger partial charge in [0.05, 0.1) is 74.7 Å². The average molecular weight is 1720 g/mol. The molecule has 16 rings (SSSR count). The standard InChI is InChI=1S/2C21H20N4O2.C18H15N3O3.C16H12N2O.C8H10N2O2.C8H9NO2.C3H7N.CH4.ClH/c2*1-13-7-8-15(21(27)24-16-9-10-16)11-18(13)25-20(22)17(12-23-25)19(26)14-5-3-2-4-6-14;1-11-7-8-13(18(23)24)9-15(11)21-17(19)14(10-20-21)16(22)12-5-3-2-4-6-12;17-11-14(12-18-15-9-5-2-6-10-15)16(19)13-7-3-1-4-8-13;1-5-2-3-6(8(11)12)4-7(5)10-9;1-5-2-3-6(8(10)11)4-7(5)9;4-3-1-2-3;;/h2*2-8,11-12,16H,9-10,22H2,1H3,(H,24,27);2-10H,19H2,1H3,(H,23,24);1-10,12,18H;2-4,10H,9H2,1H3,(H,11,12);2-4H,9H2,1H3,(H,10,11);3H,1-2,4H2;1H4;1H/b;;;14-12+;;;;;. The summed E-state index contributed by atoms with van der Waals surface area (Å²) in [6.45, 7) is 9.33. The van der Waals surface area contributed by atoms with E-state index in [-0.39, 0.29) is 112 Å². The summed E-state index contributed by atoms with van der Waals surface area (Å²) in [7, 11) is 0. The van der Waals surface area contributed by atoms with E-state index in [1.165, 1.54) is 82.0 Å². The van der Waals surface area contributed by atoms with Gasteiger partial charge in [-0.2, -0.15) is 20.6 Å². The van der Waals surface area contributed by atoms with E-state index in [2.05, 4.69) is 36.7 Å². The lowest BCUT2D eigenvalue weighted by Gasteiger charge is -2.11. The Kier molecular flexibility index (Phi) is 34.2. The third-order valence-corrected chi connectivity index (χ3v) is 19.5. The molecule has 0 spiro atoms. The topological polar surface area (TPSA) is 496 Å². The zero-order chi connectivity index (χ0) is 89.3. The number of nitrogens with zero attached hydrogens (tertiary/aromatic N) is 7. The summed E-state index contributed by atoms with van der Waals surface area (Å²) in [6, 6.07) is 72.8. The maximum absolute atomic E-state index is 12.7. The number of amides is 2. The molecule has 0 saturated heterocycles. The fourth-order valence-electron chi connectivity index (χ4n) is 11.7. The zero-order valence-corrected chi connectivity index (χ0v) is 69.7. The minimum absolute atomic E-state index is 0. The van der Waals surface area contributed by atoms with Crippen molar-refractivity contribution >= 4 is 99.8 Å². The molecular formula is C96H98ClN17O12. The van der Waals surface area contributed by atoms with E-state index in [1.54, 1.807) is 146 Å². The molecule has 3 aliphatic rings. The number of halogens is 1. The van der Waals surface area contributed by atoms with E-state index >= 15 is 0 Å². The quantitative estimate of drug-likeness (QED) is 0.00793. The van der Waals surface area contributed by atoms with Crippen molar-refractivity contribution in [2.75, 3.05) is 33.7 Å². The second-order valence-corrected chi connectivity index (χ2v) is 29.0. The number of hydrogen-bond acceptors (Lipinski definition) is 21. The number of hydrazine groups is 1. The molecule has 3 saturated carbocycles. The number of nitrogens with two attached hydrogens (primary N) is 6. The number of carboxylic acid groups (broad SMARTS) is 3. The van der Waals surface area contributed by atoms with Crippen LogP contribution in [0, 0.1) is 45.9 Å². The number of hydrogen-bond donors (Lipinski definition) is 13. The molecule has 3 fully saturated rings. The van der Waals surface area contributed by atoms with Crippen LogP contribution < -0.4 is 55.9 Å². The Morgan fingerprint density at radius 2 is 0.706 bits per heavy atom. The van der Waals surface area contributed by atoms with Crippen molar-refractivity contribution in [1.82, 2.24) is 40.0 Å². The van der Waals surface area contributed by atoms with E-state index in [9.17, 15) is 43.2 Å². The van der Waals surface area contributed by atoms with Gasteiger partial charge in [-0.05, 0) is 174 Å². The summed E-state index contributed by atoms with van der Waals surface area (Å²) in [5.41, 5.74) is 44.9. The minimum atomic E-state index is -1.04. The Bertz CT molecular complexity index is 5950. The Labute approximate surface area is 734 Å². The lowest BCUT2D eigenvalue weighted by Crippen LogP contribution is -2.25. The third kappa shape index (κ3) is 26.1. The van der Waals surface area contributed by atoms with E-state index in [4.69, 9.17) is 55.1 Å². The maximum atomic E-state index is 12.7. The highest BCUT2D eigenvalue weighted by Gasteiger charge is 2.28. The van der Waals surface area contributed by atoms with E-state index in [0.717, 1.165) is 59.2 Å². The molecule has 30 heteroatoms. The van der Waals surface area contributed by atoms with Gasteiger partial charge in [-0.3, -0.25) is 34.6 Å². The number of aromatic nitrogens is 6. The first-order valence-electron chi connectivity index (χ1n) is 39.2. The van der Waals surface area contributed by atoms with Crippen LogP contribution in [0.4, 0.5) is 34.5 Å². The largest absolute Gasteiger partial charge is 0.478 e. The fourth-order valence-corrected chi connectivity index (χ4v) is 11.7. The molecule has 2 amide bonds. The Morgan fingerprint density at radius 3 is 1.02 bits per heavy atom. The Hall–Kier alpha value is -15.9. The van der Waals surface area contributed by atoms with Gasteiger partial charge in [0.15, 0.2) is 17.3 Å². The number of ketones is 4. The number of aryl methyl sites for hydroxylation is 5. The first-order valence-corrected chi connectivity index (χ1v) is 39.2. The highest BCUT2D eigenvalue weighted by atomic mass is 35.5. The Morgan fingerprint density at radius 1 is 0.405 bits per heavy atom. The number of carbonyl (C=O) groups is 9. The minimum Gasteiger partial charge on any atom is -0.478 e. The number of nitrogen functional groups attached to an aromatic ring is 5. The Balaban J connectivity index is 0.000000189. The summed E-state index contributed by atoms with van der Waals surface area (Å²) in [5.74, 6) is 1.84. The van der Waals surface area contributed by atoms with Gasteiger partial charge in [0.25, 0.3) is 11.8 Å². The smallest absolute Gasteiger partial charge is 0.335 e. The number of carboxylic acids is 3. The van der Waals surface area contributed by atoms with Crippen LogP contribution >= 0.6 is 12.4 Å². The number of aromatic carboxylic acids is 3. The second kappa shape index (κ2) is 45.1. The number of Topliss-reactive ketones (excluding diaryl/α,β-unsaturated/α-hetero) is 1. The van der Waals surface area contributed by atoms with Gasteiger partial charge >= 0.3 is 17.9 Å². The molecule has 3 aromatic heterocycles. The van der Waals surface area contributed by atoms with Gasteiger partial charge in [0, 0.05) is 69.1 Å². The van der Waals surface area contributed by atoms with Crippen molar-refractivity contribution in [3.8, 4) is 23.1 Å². The van der Waals surface area contributed by atoms with Crippen LogP contribution in [0.2, 0.25) is 0 Å². The first-order chi connectivity index (χ1) is 59.5. The summed E-state index contributed by atoms with van der Waals surface area (Å²) in [5, 5.41) is 57.0. The highest BCUT2D eigenvalue weighted by Crippen LogP contribution is 2.30. The number of para-hydroxylation sites is 1. The van der Waals surface area contributed by atoms with Crippen LogP contribution in [0.1, 0.15) is 184 Å². The zero-order valence-electron chi connectivity index (χ0n) is 68.9. The van der Waals surface area contributed by atoms with Crippen LogP contribution in [0.15, 0.2) is 273 Å². The van der Waals surface area contributed by atoms with Crippen molar-refractivity contribution < 1.29 is 58.5 Å². The highest BCUT2D eigenvalue weighted by molar-refractivity contribution is 6.14. The number of allylic oxidation sites excluding steroid dienone is 1. The fraction of sp³-hybridized carbons (Fsp3) is 0.156. The third-order valence-electron chi connectivity index (χ3n) is 19.5. The van der Waals surface area contributed by atoms with Crippen LogP contribution in [-0.4, -0.2) is 116 Å². The summed E-state index contributed by atoms with van der Waals surface area (Å²) in [4.78, 5) is 107. The summed E-state index contributed by atoms with van der Waals surface area (Å²) in [6.07, 6.45) is 12.4. The van der Waals surface area contributed by atoms with E-state index in [0.29, 0.717) is 79.0 Å². The molecule has 3 heterocycles. The lowest BCUT2D eigenvalue weighted by molar-refractivity contribution is 0.0686. The van der Waals surface area contributed by atoms with Crippen molar-refractivity contribution in [3.63, 3.8) is 0 Å². The molecule has 126 heavy (non-hydrogen) atoms. The summed E-state index contributed by atoms with van der Waals surface area (Å²) >= 11 is 0. The van der Waals surface area contributed by atoms with Gasteiger partial charge in [0.2, 0.25) is 5.78 Å². The molecule has 0 unspecified atom stereocenters. The molecule has 10 aromatic carbocycles. The van der Waals surface area contributed by atoms with Gasteiger partial charge < -0.3 is 65.4 Å². The first kappa shape index (κ1) is 95.6. The van der Waals surface area contributed by atoms with Crippen molar-refractivity contribution in [2.45, 2.75) is 98.7 Å². The molecule has 19 N–H and O–H groups in total. The van der Waals surface area contributed by atoms with Gasteiger partial charge in [0.1, 0.15) is 29.1 Å². The second-order valence-electron chi connectivity index (χ2n) is 29.0. The number of anilines is 6. The van der Waals surface area contributed by atoms with Crippen molar-refractivity contribution in [2.24, 2.45) is 11.6 Å². The lowest BCUT2D eigenvalue weighted by atomic mass is 10.1. The number of nitriles is 1. The number of rotatable bonds is 21. The maximum Gasteiger partial charge on any atom is 0.335 e. The van der Waals surface area contributed by atoms with Crippen molar-refractivity contribution in [1.29, 1.82) is 5.26 Å². The molecular weight excluding hydrogens is 1620 g/mol. The molecule has 0 bridgehead atoms. The molecule has 3 aliphatic carbocycles. The predicted octanol–water partition coefficient (Wildman–Crippen LogP) is 15.3. The molecule has 0 aliphatic heterocycles. The molecule has 13 aromatic rings. The van der Waals surface area contributed by atoms with Gasteiger partial charge in [-0.15, -0.1) is 12.4 Å². The van der Waals surface area contributed by atoms with Crippen molar-refractivity contribution in [3.05, 3.63) is 368 Å². The van der Waals surface area contributed by atoms with E-state index in [1.807, 2.05) is 107 Å². The molecule has 29 nitrogen and oxygen atoms in total.